The summed E-state index contributed by atoms with van der Waals surface area (Å²) in [7, 11) is 0. The van der Waals surface area contributed by atoms with Gasteiger partial charge in [-0.3, -0.25) is 9.59 Å². The Balaban J connectivity index is 3.44. The molecule has 0 aromatic carbocycles. The summed E-state index contributed by atoms with van der Waals surface area (Å²) in [6.07, 6.45) is 82.4. The largest absolute Gasteiger partial charge is 0.466 e. The summed E-state index contributed by atoms with van der Waals surface area (Å²) < 4.78 is 5.50. The van der Waals surface area contributed by atoms with Crippen molar-refractivity contribution in [3.63, 3.8) is 0 Å². The first-order chi connectivity index (χ1) is 37.5. The first-order valence-corrected chi connectivity index (χ1v) is 34.6. The van der Waals surface area contributed by atoms with E-state index in [0.717, 1.165) is 44.9 Å². The van der Waals surface area contributed by atoms with Crippen LogP contribution in [0.15, 0.2) is 24.3 Å². The number of allylic oxidation sites excluding steroid dienone is 3. The highest BCUT2D eigenvalue weighted by molar-refractivity contribution is 5.76. The molecule has 0 aromatic heterocycles. The zero-order chi connectivity index (χ0) is 55.0. The first-order valence-electron chi connectivity index (χ1n) is 34.6. The molecule has 0 aliphatic heterocycles. The van der Waals surface area contributed by atoms with Crippen LogP contribution in [-0.2, 0) is 14.3 Å². The van der Waals surface area contributed by atoms with Crippen LogP contribution in [0.25, 0.3) is 0 Å². The highest BCUT2D eigenvalue weighted by atomic mass is 16.5. The van der Waals surface area contributed by atoms with Crippen molar-refractivity contribution in [3.8, 4) is 0 Å². The molecule has 0 saturated heterocycles. The van der Waals surface area contributed by atoms with Crippen LogP contribution < -0.4 is 5.32 Å². The molecule has 0 saturated carbocycles. The Morgan fingerprint density at radius 3 is 0.934 bits per heavy atom. The lowest BCUT2D eigenvalue weighted by atomic mass is 10.0. The number of rotatable bonds is 65. The van der Waals surface area contributed by atoms with Gasteiger partial charge >= 0.3 is 5.97 Å². The lowest BCUT2D eigenvalue weighted by Crippen LogP contribution is -2.45. The van der Waals surface area contributed by atoms with Crippen LogP contribution in [-0.4, -0.2) is 47.4 Å². The van der Waals surface area contributed by atoms with Gasteiger partial charge in [0.25, 0.3) is 0 Å². The third-order valence-electron chi connectivity index (χ3n) is 16.2. The number of hydrogen-bond donors (Lipinski definition) is 3. The van der Waals surface area contributed by atoms with E-state index in [9.17, 15) is 19.8 Å². The smallest absolute Gasteiger partial charge is 0.305 e. The van der Waals surface area contributed by atoms with E-state index in [1.165, 1.54) is 315 Å². The highest BCUT2D eigenvalue weighted by Gasteiger charge is 2.18. The third-order valence-corrected chi connectivity index (χ3v) is 16.2. The molecule has 450 valence electrons. The maximum atomic E-state index is 12.5. The predicted molar refractivity (Wildman–Crippen MR) is 333 cm³/mol. The lowest BCUT2D eigenvalue weighted by Gasteiger charge is -2.20. The fourth-order valence-electron chi connectivity index (χ4n) is 10.9. The molecule has 0 fully saturated rings. The van der Waals surface area contributed by atoms with Crippen molar-refractivity contribution in [1.82, 2.24) is 5.32 Å². The molecular weight excluding hydrogens is 935 g/mol. The Kier molecular flexibility index (Phi) is 64.4. The maximum Gasteiger partial charge on any atom is 0.305 e. The van der Waals surface area contributed by atoms with Gasteiger partial charge in [0.05, 0.1) is 25.4 Å². The first kappa shape index (κ1) is 74.3. The summed E-state index contributed by atoms with van der Waals surface area (Å²) in [6, 6.07) is -0.635. The predicted octanol–water partition coefficient (Wildman–Crippen LogP) is 22.1. The molecule has 0 aromatic rings. The van der Waals surface area contributed by atoms with E-state index in [4.69, 9.17) is 4.74 Å². The number of aliphatic hydroxyl groups is 2. The van der Waals surface area contributed by atoms with Crippen molar-refractivity contribution >= 4 is 11.9 Å². The van der Waals surface area contributed by atoms with Crippen molar-refractivity contribution in [2.75, 3.05) is 13.2 Å². The number of esters is 1. The monoisotopic (exact) mass is 1070 g/mol. The quantitative estimate of drug-likeness (QED) is 0.0320. The van der Waals surface area contributed by atoms with Crippen LogP contribution in [0, 0.1) is 0 Å². The van der Waals surface area contributed by atoms with Crippen molar-refractivity contribution in [2.24, 2.45) is 0 Å². The molecule has 0 heterocycles. The van der Waals surface area contributed by atoms with E-state index in [1.54, 1.807) is 6.08 Å². The van der Waals surface area contributed by atoms with Crippen molar-refractivity contribution < 1.29 is 24.5 Å². The normalized spacial score (nSPS) is 12.6. The number of ether oxygens (including phenoxy) is 1. The van der Waals surface area contributed by atoms with Gasteiger partial charge in [0.15, 0.2) is 0 Å². The molecule has 0 bridgehead atoms. The molecule has 0 spiro atoms. The van der Waals surface area contributed by atoms with E-state index in [1.807, 2.05) is 6.08 Å². The van der Waals surface area contributed by atoms with E-state index in [0.29, 0.717) is 19.4 Å². The minimum absolute atomic E-state index is 0.0104. The summed E-state index contributed by atoms with van der Waals surface area (Å²) in [5.74, 6) is -0.0623. The molecule has 0 rings (SSSR count). The lowest BCUT2D eigenvalue weighted by molar-refractivity contribution is -0.143. The summed E-state index contributed by atoms with van der Waals surface area (Å²) in [5.41, 5.74) is 0. The van der Waals surface area contributed by atoms with Crippen molar-refractivity contribution in [2.45, 2.75) is 398 Å². The molecule has 3 N–H and O–H groups in total. The van der Waals surface area contributed by atoms with Gasteiger partial charge in [-0.15, -0.1) is 0 Å². The average molecular weight is 1070 g/mol. The fourth-order valence-corrected chi connectivity index (χ4v) is 10.9. The second-order valence-electron chi connectivity index (χ2n) is 23.9. The molecular formula is C70H135NO5. The minimum atomic E-state index is -0.851. The van der Waals surface area contributed by atoms with E-state index < -0.39 is 12.1 Å². The van der Waals surface area contributed by atoms with Crippen molar-refractivity contribution in [1.29, 1.82) is 0 Å². The number of unbranched alkanes of at least 4 members (excludes halogenated alkanes) is 52. The van der Waals surface area contributed by atoms with Gasteiger partial charge in [0.1, 0.15) is 0 Å². The fraction of sp³-hybridized carbons (Fsp3) is 0.914. The van der Waals surface area contributed by atoms with Gasteiger partial charge in [-0.1, -0.05) is 340 Å². The summed E-state index contributed by atoms with van der Waals surface area (Å²) in [4.78, 5) is 24.6. The zero-order valence-electron chi connectivity index (χ0n) is 51.5. The molecule has 0 aliphatic rings. The van der Waals surface area contributed by atoms with E-state index in [2.05, 4.69) is 31.3 Å². The second-order valence-corrected chi connectivity index (χ2v) is 23.9. The van der Waals surface area contributed by atoms with Crippen LogP contribution in [0.1, 0.15) is 386 Å². The average Bonchev–Trinajstić information content (AvgIpc) is 3.42. The molecule has 0 aliphatic carbocycles. The Morgan fingerprint density at radius 2 is 0.618 bits per heavy atom. The van der Waals surface area contributed by atoms with Crippen LogP contribution in [0.4, 0.5) is 0 Å². The van der Waals surface area contributed by atoms with Crippen LogP contribution >= 0.6 is 0 Å². The maximum absolute atomic E-state index is 12.5. The zero-order valence-corrected chi connectivity index (χ0v) is 51.5. The summed E-state index contributed by atoms with van der Waals surface area (Å²) >= 11 is 0. The Bertz CT molecular complexity index is 1190. The number of amides is 1. The van der Waals surface area contributed by atoms with Crippen LogP contribution in [0.2, 0.25) is 0 Å². The molecule has 6 heteroatoms. The minimum Gasteiger partial charge on any atom is -0.466 e. The number of carbonyl (C=O) groups is 2. The highest BCUT2D eigenvalue weighted by Crippen LogP contribution is 2.18. The van der Waals surface area contributed by atoms with Crippen molar-refractivity contribution in [3.05, 3.63) is 24.3 Å². The number of carbonyl (C=O) groups excluding carboxylic acids is 2. The standard InChI is InChI=1S/C70H135NO5/c1-3-5-7-9-11-13-15-17-19-21-22-23-24-27-31-34-38-42-46-50-54-58-62-68(73)67(66-72)71-69(74)63-59-55-51-47-43-39-35-32-28-25-26-29-33-37-41-45-49-53-57-61-65-76-70(75)64-60-56-52-48-44-40-36-30-20-18-16-14-12-10-8-6-4-2/h25,28,58,62,67-68,72-73H,3-24,26-27,29-57,59-61,63-66H2,1-2H3,(H,71,74)/b28-25-,62-58+. The SMILES string of the molecule is CCCCCCCCCCCCCCCCCCCCCC/C=C/C(O)C(CO)NC(=O)CCCCCCCCC/C=C\CCCCCCCCCCCOC(=O)CCCCCCCCCCCCCCCCCCC. The van der Waals surface area contributed by atoms with E-state index in [-0.39, 0.29) is 18.5 Å². The topological polar surface area (TPSA) is 95.9 Å². The van der Waals surface area contributed by atoms with Gasteiger partial charge in [0.2, 0.25) is 5.91 Å². The molecule has 6 nitrogen and oxygen atoms in total. The number of aliphatic hydroxyl groups excluding tert-OH is 2. The molecule has 2 atom stereocenters. The number of nitrogens with one attached hydrogen (secondary N) is 1. The molecule has 76 heavy (non-hydrogen) atoms. The Labute approximate surface area is 475 Å². The van der Waals surface area contributed by atoms with Gasteiger partial charge in [0, 0.05) is 12.8 Å². The number of hydrogen-bond acceptors (Lipinski definition) is 5. The third kappa shape index (κ3) is 61.6. The van der Waals surface area contributed by atoms with Crippen LogP contribution in [0.3, 0.4) is 0 Å². The summed E-state index contributed by atoms with van der Waals surface area (Å²) in [5, 5.41) is 23.2. The Morgan fingerprint density at radius 1 is 0.355 bits per heavy atom. The van der Waals surface area contributed by atoms with Crippen LogP contribution in [0.5, 0.6) is 0 Å². The van der Waals surface area contributed by atoms with Gasteiger partial charge in [-0.05, 0) is 57.8 Å². The molecule has 1 amide bonds. The van der Waals surface area contributed by atoms with Gasteiger partial charge in [-0.25, -0.2) is 0 Å². The second kappa shape index (κ2) is 65.9. The van der Waals surface area contributed by atoms with Gasteiger partial charge in [-0.2, -0.15) is 0 Å². The van der Waals surface area contributed by atoms with Gasteiger partial charge < -0.3 is 20.3 Å². The molecule has 0 radical (unpaired) electrons. The molecule has 2 unspecified atom stereocenters. The Hall–Kier alpha value is -1.66. The summed E-state index contributed by atoms with van der Waals surface area (Å²) in [6.45, 7) is 4.94. The van der Waals surface area contributed by atoms with E-state index >= 15 is 0 Å².